The standard InChI is InChI=1S/C11H12N2OS/c1-2-9(14-8-4-5-12-6-8)11-10(3-1)15-7-13-11/h1-3,7-8,12H,4-6H2. The molecule has 1 aromatic heterocycles. The molecule has 3 rings (SSSR count). The highest BCUT2D eigenvalue weighted by Crippen LogP contribution is 2.28. The van der Waals surface area contributed by atoms with Gasteiger partial charge in [-0.05, 0) is 25.1 Å². The molecule has 0 radical (unpaired) electrons. The van der Waals surface area contributed by atoms with Crippen molar-refractivity contribution in [2.24, 2.45) is 0 Å². The maximum absolute atomic E-state index is 5.93. The van der Waals surface area contributed by atoms with E-state index in [-0.39, 0.29) is 0 Å². The van der Waals surface area contributed by atoms with Crippen molar-refractivity contribution in [2.75, 3.05) is 13.1 Å². The van der Waals surface area contributed by atoms with Gasteiger partial charge in [-0.15, -0.1) is 11.3 Å². The fourth-order valence-corrected chi connectivity index (χ4v) is 2.56. The minimum absolute atomic E-state index is 0.303. The molecule has 3 nitrogen and oxygen atoms in total. The molecular weight excluding hydrogens is 208 g/mol. The van der Waals surface area contributed by atoms with Crippen LogP contribution in [-0.4, -0.2) is 24.2 Å². The fraction of sp³-hybridized carbons (Fsp3) is 0.364. The summed E-state index contributed by atoms with van der Waals surface area (Å²) in [7, 11) is 0. The molecule has 0 amide bonds. The van der Waals surface area contributed by atoms with Gasteiger partial charge >= 0.3 is 0 Å². The summed E-state index contributed by atoms with van der Waals surface area (Å²) in [5, 5.41) is 3.29. The number of hydrogen-bond donors (Lipinski definition) is 1. The number of ether oxygens (including phenoxy) is 1. The van der Waals surface area contributed by atoms with Crippen LogP contribution in [0.5, 0.6) is 5.75 Å². The SMILES string of the molecule is c1cc(OC2CCNC2)c2ncsc2c1. The number of nitrogens with zero attached hydrogens (tertiary/aromatic N) is 1. The van der Waals surface area contributed by atoms with E-state index in [0.29, 0.717) is 6.10 Å². The Bertz CT molecular complexity index is 462. The number of hydrogen-bond acceptors (Lipinski definition) is 4. The van der Waals surface area contributed by atoms with E-state index in [1.165, 1.54) is 4.70 Å². The second kappa shape index (κ2) is 3.79. The molecule has 0 bridgehead atoms. The molecule has 15 heavy (non-hydrogen) atoms. The Morgan fingerprint density at radius 2 is 2.47 bits per heavy atom. The molecule has 0 saturated carbocycles. The summed E-state index contributed by atoms with van der Waals surface area (Å²) in [5.41, 5.74) is 2.86. The molecule has 78 valence electrons. The van der Waals surface area contributed by atoms with Crippen molar-refractivity contribution in [3.8, 4) is 5.75 Å². The lowest BCUT2D eigenvalue weighted by Gasteiger charge is -2.12. The molecule has 1 fully saturated rings. The zero-order chi connectivity index (χ0) is 10.1. The van der Waals surface area contributed by atoms with Gasteiger partial charge in [0.05, 0.1) is 10.2 Å². The van der Waals surface area contributed by atoms with Gasteiger partial charge in [-0.1, -0.05) is 6.07 Å². The Morgan fingerprint density at radius 3 is 3.33 bits per heavy atom. The van der Waals surface area contributed by atoms with E-state index >= 15 is 0 Å². The summed E-state index contributed by atoms with van der Waals surface area (Å²) in [6, 6.07) is 6.10. The molecular formula is C11H12N2OS. The monoisotopic (exact) mass is 220 g/mol. The Balaban J connectivity index is 1.92. The maximum atomic E-state index is 5.93. The van der Waals surface area contributed by atoms with Crippen molar-refractivity contribution >= 4 is 21.6 Å². The molecule has 0 spiro atoms. The summed E-state index contributed by atoms with van der Waals surface area (Å²) in [6.07, 6.45) is 1.39. The zero-order valence-electron chi connectivity index (χ0n) is 8.27. The number of nitrogens with one attached hydrogen (secondary N) is 1. The molecule has 1 saturated heterocycles. The molecule has 1 unspecified atom stereocenters. The van der Waals surface area contributed by atoms with E-state index in [1.54, 1.807) is 11.3 Å². The van der Waals surface area contributed by atoms with Gasteiger partial charge in [-0.25, -0.2) is 4.98 Å². The third kappa shape index (κ3) is 1.70. The normalized spacial score (nSPS) is 20.9. The molecule has 1 aromatic carbocycles. The lowest BCUT2D eigenvalue weighted by atomic mass is 10.3. The number of benzene rings is 1. The van der Waals surface area contributed by atoms with Crippen LogP contribution in [0.2, 0.25) is 0 Å². The van der Waals surface area contributed by atoms with Crippen LogP contribution in [0, 0.1) is 0 Å². The van der Waals surface area contributed by atoms with E-state index < -0.39 is 0 Å². The Kier molecular flexibility index (Phi) is 2.31. The molecule has 2 aromatic rings. The van der Waals surface area contributed by atoms with Gasteiger partial charge in [-0.3, -0.25) is 0 Å². The number of aromatic nitrogens is 1. The van der Waals surface area contributed by atoms with Gasteiger partial charge in [0.15, 0.2) is 0 Å². The average molecular weight is 220 g/mol. The molecule has 1 atom stereocenters. The van der Waals surface area contributed by atoms with E-state index in [1.807, 2.05) is 17.6 Å². The fourth-order valence-electron chi connectivity index (χ4n) is 1.86. The van der Waals surface area contributed by atoms with Crippen LogP contribution in [0.1, 0.15) is 6.42 Å². The predicted molar refractivity (Wildman–Crippen MR) is 61.5 cm³/mol. The average Bonchev–Trinajstić information content (AvgIpc) is 2.87. The minimum Gasteiger partial charge on any atom is -0.487 e. The Morgan fingerprint density at radius 1 is 1.47 bits per heavy atom. The summed E-state index contributed by atoms with van der Waals surface area (Å²) >= 11 is 1.65. The van der Waals surface area contributed by atoms with Crippen LogP contribution in [0.4, 0.5) is 0 Å². The van der Waals surface area contributed by atoms with Gasteiger partial charge in [0.2, 0.25) is 0 Å². The van der Waals surface area contributed by atoms with Gasteiger partial charge < -0.3 is 10.1 Å². The van der Waals surface area contributed by atoms with Crippen molar-refractivity contribution < 1.29 is 4.74 Å². The first-order valence-electron chi connectivity index (χ1n) is 5.13. The third-order valence-corrected chi connectivity index (χ3v) is 3.43. The summed E-state index contributed by atoms with van der Waals surface area (Å²) < 4.78 is 7.12. The first-order valence-corrected chi connectivity index (χ1v) is 6.01. The van der Waals surface area contributed by atoms with Crippen molar-refractivity contribution in [1.29, 1.82) is 0 Å². The molecule has 1 aliphatic rings. The van der Waals surface area contributed by atoms with Crippen LogP contribution in [0.25, 0.3) is 10.2 Å². The van der Waals surface area contributed by atoms with Crippen LogP contribution < -0.4 is 10.1 Å². The highest BCUT2D eigenvalue weighted by molar-refractivity contribution is 7.16. The third-order valence-electron chi connectivity index (χ3n) is 2.63. The lowest BCUT2D eigenvalue weighted by molar-refractivity contribution is 0.225. The lowest BCUT2D eigenvalue weighted by Crippen LogP contribution is -2.19. The summed E-state index contributed by atoms with van der Waals surface area (Å²) in [4.78, 5) is 4.33. The Hall–Kier alpha value is -1.13. The highest BCUT2D eigenvalue weighted by Gasteiger charge is 2.17. The van der Waals surface area contributed by atoms with Crippen molar-refractivity contribution in [2.45, 2.75) is 12.5 Å². The maximum Gasteiger partial charge on any atom is 0.146 e. The smallest absolute Gasteiger partial charge is 0.146 e. The van der Waals surface area contributed by atoms with E-state index in [2.05, 4.69) is 16.4 Å². The van der Waals surface area contributed by atoms with E-state index in [0.717, 1.165) is 30.8 Å². The van der Waals surface area contributed by atoms with Gasteiger partial charge in [0.1, 0.15) is 17.4 Å². The Labute approximate surface area is 92.1 Å². The molecule has 4 heteroatoms. The largest absolute Gasteiger partial charge is 0.487 e. The zero-order valence-corrected chi connectivity index (χ0v) is 9.09. The summed E-state index contributed by atoms with van der Waals surface area (Å²) in [6.45, 7) is 2.00. The quantitative estimate of drug-likeness (QED) is 0.841. The highest BCUT2D eigenvalue weighted by atomic mass is 32.1. The van der Waals surface area contributed by atoms with Crippen LogP contribution in [0.3, 0.4) is 0 Å². The molecule has 1 aliphatic heterocycles. The van der Waals surface area contributed by atoms with Crippen LogP contribution in [-0.2, 0) is 0 Å². The molecule has 2 heterocycles. The second-order valence-electron chi connectivity index (χ2n) is 3.69. The number of fused-ring (bicyclic) bond motifs is 1. The number of thiazole rings is 1. The number of para-hydroxylation sites is 1. The van der Waals surface area contributed by atoms with Gasteiger partial charge in [0.25, 0.3) is 0 Å². The van der Waals surface area contributed by atoms with E-state index in [9.17, 15) is 0 Å². The van der Waals surface area contributed by atoms with Crippen molar-refractivity contribution in [3.63, 3.8) is 0 Å². The van der Waals surface area contributed by atoms with Crippen LogP contribution in [0.15, 0.2) is 23.7 Å². The molecule has 1 N–H and O–H groups in total. The van der Waals surface area contributed by atoms with Gasteiger partial charge in [0, 0.05) is 6.54 Å². The van der Waals surface area contributed by atoms with Crippen molar-refractivity contribution in [3.05, 3.63) is 23.7 Å². The number of rotatable bonds is 2. The predicted octanol–water partition coefficient (Wildman–Crippen LogP) is 2.04. The summed E-state index contributed by atoms with van der Waals surface area (Å²) in [5.74, 6) is 0.919. The van der Waals surface area contributed by atoms with E-state index in [4.69, 9.17) is 4.74 Å². The topological polar surface area (TPSA) is 34.1 Å². The van der Waals surface area contributed by atoms with Crippen LogP contribution >= 0.6 is 11.3 Å². The van der Waals surface area contributed by atoms with Crippen molar-refractivity contribution in [1.82, 2.24) is 10.3 Å². The second-order valence-corrected chi connectivity index (χ2v) is 4.57. The minimum atomic E-state index is 0.303. The van der Waals surface area contributed by atoms with Gasteiger partial charge in [-0.2, -0.15) is 0 Å². The first kappa shape index (κ1) is 9.12. The first-order chi connectivity index (χ1) is 7.43. The molecule has 0 aliphatic carbocycles.